The van der Waals surface area contributed by atoms with Crippen molar-refractivity contribution in [3.05, 3.63) is 34.8 Å². The topological polar surface area (TPSA) is 80.9 Å². The maximum Gasteiger partial charge on any atom is 0.295 e. The lowest BCUT2D eigenvalue weighted by Crippen LogP contribution is -2.13. The number of anilines is 1. The van der Waals surface area contributed by atoms with Gasteiger partial charge in [0.1, 0.15) is 0 Å². The Balaban J connectivity index is 2.14. The van der Waals surface area contributed by atoms with Crippen molar-refractivity contribution in [3.8, 4) is 0 Å². The first-order valence-corrected chi connectivity index (χ1v) is 4.76. The summed E-state index contributed by atoms with van der Waals surface area (Å²) in [6.07, 6.45) is 1.46. The summed E-state index contributed by atoms with van der Waals surface area (Å²) in [4.78, 5) is 11.6. The van der Waals surface area contributed by atoms with Crippen molar-refractivity contribution in [1.29, 1.82) is 0 Å². The van der Waals surface area contributed by atoms with E-state index in [1.807, 2.05) is 0 Å². The summed E-state index contributed by atoms with van der Waals surface area (Å²) >= 11 is 5.56. The van der Waals surface area contributed by atoms with Crippen molar-refractivity contribution in [2.75, 3.05) is 5.32 Å². The lowest BCUT2D eigenvalue weighted by atomic mass is 10.3. The lowest BCUT2D eigenvalue weighted by molar-refractivity contribution is 0.0986. The highest BCUT2D eigenvalue weighted by molar-refractivity contribution is 6.29. The predicted octanol–water partition coefficient (Wildman–Crippen LogP) is 1.68. The first-order valence-electron chi connectivity index (χ1n) is 4.38. The predicted molar refractivity (Wildman–Crippen MR) is 56.2 cm³/mol. The normalized spacial score (nSPS) is 10.1. The van der Waals surface area contributed by atoms with Crippen LogP contribution in [0.1, 0.15) is 16.1 Å². The van der Waals surface area contributed by atoms with Crippen LogP contribution in [0.5, 0.6) is 0 Å². The molecule has 0 spiro atoms. The molecule has 16 heavy (non-hydrogen) atoms. The minimum atomic E-state index is -0.424. The van der Waals surface area contributed by atoms with Gasteiger partial charge in [-0.1, -0.05) is 16.8 Å². The van der Waals surface area contributed by atoms with Gasteiger partial charge in [0.2, 0.25) is 5.76 Å². The molecule has 1 N–H and O–H groups in total. The Hall–Kier alpha value is -1.95. The van der Waals surface area contributed by atoms with Crippen LogP contribution in [-0.4, -0.2) is 21.3 Å². The second-order valence-corrected chi connectivity index (χ2v) is 3.42. The van der Waals surface area contributed by atoms with Gasteiger partial charge in [-0.05, 0) is 19.1 Å². The highest BCUT2D eigenvalue weighted by Crippen LogP contribution is 2.10. The van der Waals surface area contributed by atoms with Gasteiger partial charge in [-0.3, -0.25) is 4.79 Å². The highest BCUT2D eigenvalue weighted by Gasteiger charge is 2.14. The molecule has 0 aliphatic carbocycles. The number of rotatable bonds is 2. The summed E-state index contributed by atoms with van der Waals surface area (Å²) in [6.45, 7) is 1.72. The van der Waals surface area contributed by atoms with E-state index in [1.54, 1.807) is 13.0 Å². The monoisotopic (exact) mass is 238 g/mol. The van der Waals surface area contributed by atoms with E-state index < -0.39 is 5.91 Å². The number of nitrogens with one attached hydrogen (secondary N) is 1. The Morgan fingerprint density at radius 3 is 2.81 bits per heavy atom. The quantitative estimate of drug-likeness (QED) is 0.861. The number of aryl methyl sites for hydroxylation is 1. The van der Waals surface area contributed by atoms with Gasteiger partial charge in [0.15, 0.2) is 11.0 Å². The summed E-state index contributed by atoms with van der Waals surface area (Å²) in [7, 11) is 0. The van der Waals surface area contributed by atoms with Crippen molar-refractivity contribution < 1.29 is 9.32 Å². The van der Waals surface area contributed by atoms with Gasteiger partial charge in [0, 0.05) is 5.56 Å². The zero-order chi connectivity index (χ0) is 11.5. The number of carbonyl (C=O) groups excluding carboxylic acids is 1. The van der Waals surface area contributed by atoms with Gasteiger partial charge in [-0.25, -0.2) is 0 Å². The van der Waals surface area contributed by atoms with Crippen LogP contribution < -0.4 is 5.32 Å². The molecule has 0 saturated carbocycles. The van der Waals surface area contributed by atoms with Gasteiger partial charge in [-0.15, -0.1) is 10.2 Å². The number of amides is 1. The number of halogens is 1. The van der Waals surface area contributed by atoms with E-state index in [0.717, 1.165) is 0 Å². The van der Waals surface area contributed by atoms with Crippen LogP contribution >= 0.6 is 11.6 Å². The number of nitrogens with zero attached hydrogens (tertiary/aromatic N) is 3. The van der Waals surface area contributed by atoms with Gasteiger partial charge in [0.25, 0.3) is 5.91 Å². The Labute approximate surface area is 95.6 Å². The van der Waals surface area contributed by atoms with Crippen molar-refractivity contribution in [1.82, 2.24) is 15.4 Å². The second kappa shape index (κ2) is 4.28. The number of hydrogen-bond acceptors (Lipinski definition) is 5. The molecule has 0 fully saturated rings. The maximum absolute atomic E-state index is 11.6. The molecule has 82 valence electrons. The fraction of sp³-hybridized carbons (Fsp3) is 0.111. The fourth-order valence-electron chi connectivity index (χ4n) is 1.07. The molecule has 0 radical (unpaired) electrons. The molecule has 2 aromatic heterocycles. The van der Waals surface area contributed by atoms with Crippen LogP contribution in [0.4, 0.5) is 5.82 Å². The van der Waals surface area contributed by atoms with Gasteiger partial charge in [0.05, 0.1) is 6.20 Å². The third kappa shape index (κ3) is 2.17. The number of hydrogen-bond donors (Lipinski definition) is 1. The third-order valence-corrected chi connectivity index (χ3v) is 2.03. The van der Waals surface area contributed by atoms with E-state index >= 15 is 0 Å². The molecule has 1 amide bonds. The summed E-state index contributed by atoms with van der Waals surface area (Å²) < 4.78 is 4.79. The minimum Gasteiger partial charge on any atom is -0.351 e. The number of aromatic nitrogens is 3. The Bertz CT molecular complexity index is 508. The standard InChI is InChI=1S/C9H7ClN4O2/c1-5-4-11-16-8(5)9(15)12-7-3-2-6(10)13-14-7/h2-4H,1H3,(H,12,14,15). The van der Waals surface area contributed by atoms with E-state index in [0.29, 0.717) is 11.4 Å². The summed E-state index contributed by atoms with van der Waals surface area (Å²) in [5.41, 5.74) is 0.652. The van der Waals surface area contributed by atoms with Crippen LogP contribution in [0.3, 0.4) is 0 Å². The molecular weight excluding hydrogens is 232 g/mol. The molecule has 0 aromatic carbocycles. The highest BCUT2D eigenvalue weighted by atomic mass is 35.5. The van der Waals surface area contributed by atoms with Crippen molar-refractivity contribution in [2.45, 2.75) is 6.92 Å². The summed E-state index contributed by atoms with van der Waals surface area (Å²) in [6, 6.07) is 3.07. The molecule has 0 atom stereocenters. The minimum absolute atomic E-state index is 0.150. The van der Waals surface area contributed by atoms with Gasteiger partial charge in [-0.2, -0.15) is 0 Å². The van der Waals surface area contributed by atoms with E-state index in [1.165, 1.54) is 12.3 Å². The van der Waals surface area contributed by atoms with Crippen molar-refractivity contribution in [2.24, 2.45) is 0 Å². The van der Waals surface area contributed by atoms with E-state index in [9.17, 15) is 4.79 Å². The molecule has 2 rings (SSSR count). The second-order valence-electron chi connectivity index (χ2n) is 3.03. The summed E-state index contributed by atoms with van der Waals surface area (Å²) in [5.74, 6) is 0.0218. The van der Waals surface area contributed by atoms with Crippen LogP contribution in [-0.2, 0) is 0 Å². The smallest absolute Gasteiger partial charge is 0.295 e. The Kier molecular flexibility index (Phi) is 2.82. The average Bonchev–Trinajstić information content (AvgIpc) is 2.68. The van der Waals surface area contributed by atoms with Crippen LogP contribution in [0.2, 0.25) is 5.15 Å². The molecule has 7 heteroatoms. The Morgan fingerprint density at radius 1 is 1.44 bits per heavy atom. The molecule has 0 aliphatic rings. The molecule has 2 aromatic rings. The molecule has 0 bridgehead atoms. The van der Waals surface area contributed by atoms with Crippen LogP contribution in [0.25, 0.3) is 0 Å². The molecule has 0 aliphatic heterocycles. The average molecular weight is 239 g/mol. The zero-order valence-corrected chi connectivity index (χ0v) is 9.02. The van der Waals surface area contributed by atoms with E-state index in [4.69, 9.17) is 16.1 Å². The van der Waals surface area contributed by atoms with E-state index in [-0.39, 0.29) is 10.9 Å². The van der Waals surface area contributed by atoms with Gasteiger partial charge < -0.3 is 9.84 Å². The third-order valence-electron chi connectivity index (χ3n) is 1.83. The lowest BCUT2D eigenvalue weighted by Gasteiger charge is -2.00. The summed E-state index contributed by atoms with van der Waals surface area (Å²) in [5, 5.41) is 13.5. The molecule has 0 unspecified atom stereocenters. The zero-order valence-electron chi connectivity index (χ0n) is 8.27. The first-order chi connectivity index (χ1) is 7.66. The fourth-order valence-corrected chi connectivity index (χ4v) is 1.17. The molecular formula is C9H7ClN4O2. The van der Waals surface area contributed by atoms with Crippen molar-refractivity contribution >= 4 is 23.3 Å². The van der Waals surface area contributed by atoms with E-state index in [2.05, 4.69) is 20.7 Å². The first kappa shape index (κ1) is 10.6. The molecule has 6 nitrogen and oxygen atoms in total. The maximum atomic E-state index is 11.6. The van der Waals surface area contributed by atoms with Gasteiger partial charge >= 0.3 is 0 Å². The molecule has 0 saturated heterocycles. The SMILES string of the molecule is Cc1cnoc1C(=O)Nc1ccc(Cl)nn1. The van der Waals surface area contributed by atoms with Crippen LogP contribution in [0.15, 0.2) is 22.9 Å². The van der Waals surface area contributed by atoms with Crippen molar-refractivity contribution in [3.63, 3.8) is 0 Å². The van der Waals surface area contributed by atoms with Crippen LogP contribution in [0, 0.1) is 6.92 Å². The Morgan fingerprint density at radius 2 is 2.25 bits per heavy atom. The molecule has 2 heterocycles. The largest absolute Gasteiger partial charge is 0.351 e. The number of carbonyl (C=O) groups is 1.